The van der Waals surface area contributed by atoms with Gasteiger partial charge in [0.1, 0.15) is 0 Å². The maximum absolute atomic E-state index is 11.0. The highest BCUT2D eigenvalue weighted by Gasteiger charge is 2.20. The van der Waals surface area contributed by atoms with E-state index in [1.807, 2.05) is 11.8 Å². The van der Waals surface area contributed by atoms with Gasteiger partial charge in [-0.2, -0.15) is 11.8 Å². The van der Waals surface area contributed by atoms with Crippen molar-refractivity contribution >= 4 is 34.5 Å². The fourth-order valence-electron chi connectivity index (χ4n) is 2.32. The average molecular weight is 284 g/mol. The molecule has 1 unspecified atom stereocenters. The molecule has 5 heteroatoms. The Kier molecular flexibility index (Phi) is 5.06. The van der Waals surface area contributed by atoms with Crippen molar-refractivity contribution in [3.05, 3.63) is 10.6 Å². The van der Waals surface area contributed by atoms with E-state index in [1.54, 1.807) is 11.3 Å². The Morgan fingerprint density at radius 1 is 1.50 bits per heavy atom. The number of anilines is 1. The minimum atomic E-state index is 0.783. The number of hydrogen-bond donors (Lipinski definition) is 0. The molecule has 3 nitrogen and oxygen atoms in total. The quantitative estimate of drug-likeness (QED) is 0.795. The molecular formula is C13H20N2OS2. The number of thioether (sulfide) groups is 1. The summed E-state index contributed by atoms with van der Waals surface area (Å²) in [7, 11) is 0. The largest absolute Gasteiger partial charge is 0.348 e. The summed E-state index contributed by atoms with van der Waals surface area (Å²) < 4.78 is 0. The molecule has 0 saturated carbocycles. The molecule has 18 heavy (non-hydrogen) atoms. The smallest absolute Gasteiger partial charge is 0.186 e. The van der Waals surface area contributed by atoms with Crippen molar-refractivity contribution in [1.29, 1.82) is 0 Å². The summed E-state index contributed by atoms with van der Waals surface area (Å²) in [5, 5.41) is 1.82. The molecule has 0 aliphatic carbocycles. The number of aryl methyl sites for hydroxylation is 1. The number of aldehydes is 1. The standard InChI is InChI=1S/C13H20N2OS2/c1-3-11-12(9-16)18-13(14-11)15-7-4-5-10(17-2)6-8-15/h9-10H,3-8H2,1-2H3. The highest BCUT2D eigenvalue weighted by molar-refractivity contribution is 7.99. The molecule has 1 fully saturated rings. The third kappa shape index (κ3) is 3.06. The van der Waals surface area contributed by atoms with Crippen LogP contribution in [0.4, 0.5) is 5.13 Å². The SMILES string of the molecule is CCc1nc(N2CCCC(SC)CC2)sc1C=O. The molecule has 0 N–H and O–H groups in total. The third-order valence-corrected chi connectivity index (χ3v) is 5.66. The van der Waals surface area contributed by atoms with Crippen molar-refractivity contribution in [3.63, 3.8) is 0 Å². The predicted molar refractivity (Wildman–Crippen MR) is 80.2 cm³/mol. The van der Waals surface area contributed by atoms with E-state index in [4.69, 9.17) is 0 Å². The van der Waals surface area contributed by atoms with E-state index >= 15 is 0 Å². The van der Waals surface area contributed by atoms with Gasteiger partial charge in [-0.25, -0.2) is 4.98 Å². The van der Waals surface area contributed by atoms with Gasteiger partial charge in [-0.15, -0.1) is 0 Å². The van der Waals surface area contributed by atoms with E-state index in [1.165, 1.54) is 19.3 Å². The Bertz CT molecular complexity index is 406. The number of hydrogen-bond acceptors (Lipinski definition) is 5. The fourth-order valence-corrected chi connectivity index (χ4v) is 4.09. The van der Waals surface area contributed by atoms with Crippen LogP contribution in [0, 0.1) is 0 Å². The van der Waals surface area contributed by atoms with E-state index < -0.39 is 0 Å². The molecule has 2 heterocycles. The first kappa shape index (κ1) is 13.9. The van der Waals surface area contributed by atoms with Crippen LogP contribution in [-0.2, 0) is 6.42 Å². The molecule has 1 aromatic heterocycles. The lowest BCUT2D eigenvalue weighted by Crippen LogP contribution is -2.24. The molecule has 0 bridgehead atoms. The van der Waals surface area contributed by atoms with E-state index in [0.717, 1.165) is 46.7 Å². The van der Waals surface area contributed by atoms with Crippen LogP contribution in [0.25, 0.3) is 0 Å². The van der Waals surface area contributed by atoms with Crippen LogP contribution in [0.5, 0.6) is 0 Å². The molecule has 1 aliphatic heterocycles. The highest BCUT2D eigenvalue weighted by atomic mass is 32.2. The Hall–Kier alpha value is -0.550. The molecule has 2 rings (SSSR count). The molecule has 1 aliphatic rings. The second-order valence-corrected chi connectivity index (χ2v) is 6.70. The lowest BCUT2D eigenvalue weighted by Gasteiger charge is -2.19. The monoisotopic (exact) mass is 284 g/mol. The first-order chi connectivity index (χ1) is 8.78. The van der Waals surface area contributed by atoms with E-state index in [2.05, 4.69) is 23.1 Å². The lowest BCUT2D eigenvalue weighted by atomic mass is 10.2. The van der Waals surface area contributed by atoms with E-state index in [-0.39, 0.29) is 0 Å². The molecule has 100 valence electrons. The second-order valence-electron chi connectivity index (χ2n) is 4.55. The summed E-state index contributed by atoms with van der Waals surface area (Å²) in [6.45, 7) is 4.20. The van der Waals surface area contributed by atoms with Crippen LogP contribution >= 0.6 is 23.1 Å². The van der Waals surface area contributed by atoms with Crippen LogP contribution < -0.4 is 4.90 Å². The van der Waals surface area contributed by atoms with Crippen LogP contribution in [0.15, 0.2) is 0 Å². The van der Waals surface area contributed by atoms with Crippen LogP contribution in [0.3, 0.4) is 0 Å². The summed E-state index contributed by atoms with van der Waals surface area (Å²) in [6, 6.07) is 0. The Labute approximate surface area is 117 Å². The minimum Gasteiger partial charge on any atom is -0.348 e. The van der Waals surface area contributed by atoms with Crippen molar-refractivity contribution in [2.45, 2.75) is 37.9 Å². The van der Waals surface area contributed by atoms with Gasteiger partial charge in [0.05, 0.1) is 10.6 Å². The molecular weight excluding hydrogens is 264 g/mol. The maximum atomic E-state index is 11.0. The van der Waals surface area contributed by atoms with Gasteiger partial charge >= 0.3 is 0 Å². The molecule has 1 saturated heterocycles. The van der Waals surface area contributed by atoms with Gasteiger partial charge in [0.2, 0.25) is 0 Å². The zero-order valence-electron chi connectivity index (χ0n) is 11.0. The molecule has 0 radical (unpaired) electrons. The number of carbonyl (C=O) groups is 1. The topological polar surface area (TPSA) is 33.2 Å². The zero-order chi connectivity index (χ0) is 13.0. The maximum Gasteiger partial charge on any atom is 0.186 e. The van der Waals surface area contributed by atoms with Crippen LogP contribution in [-0.4, -0.2) is 35.9 Å². The number of nitrogens with zero attached hydrogens (tertiary/aromatic N) is 2. The van der Waals surface area contributed by atoms with Crippen molar-refractivity contribution in [2.24, 2.45) is 0 Å². The summed E-state index contributed by atoms with van der Waals surface area (Å²) in [4.78, 5) is 18.8. The first-order valence-electron chi connectivity index (χ1n) is 6.51. The van der Waals surface area contributed by atoms with Crippen molar-refractivity contribution in [2.75, 3.05) is 24.2 Å². The number of thiazole rings is 1. The normalized spacial score (nSPS) is 20.8. The van der Waals surface area contributed by atoms with Crippen LogP contribution in [0.2, 0.25) is 0 Å². The Morgan fingerprint density at radius 2 is 2.33 bits per heavy atom. The van der Waals surface area contributed by atoms with Gasteiger partial charge in [-0.05, 0) is 31.9 Å². The molecule has 0 aromatic carbocycles. The Morgan fingerprint density at radius 3 is 2.94 bits per heavy atom. The summed E-state index contributed by atoms with van der Waals surface area (Å²) in [5.41, 5.74) is 0.954. The summed E-state index contributed by atoms with van der Waals surface area (Å²) >= 11 is 3.52. The van der Waals surface area contributed by atoms with Crippen molar-refractivity contribution in [1.82, 2.24) is 4.98 Å². The van der Waals surface area contributed by atoms with Crippen molar-refractivity contribution < 1.29 is 4.79 Å². The predicted octanol–water partition coefficient (Wildman–Crippen LogP) is 3.24. The number of rotatable bonds is 4. The van der Waals surface area contributed by atoms with Gasteiger partial charge in [0, 0.05) is 18.3 Å². The number of carbonyl (C=O) groups excluding carboxylic acids is 1. The van der Waals surface area contributed by atoms with E-state index in [0.29, 0.717) is 0 Å². The van der Waals surface area contributed by atoms with Gasteiger partial charge in [-0.3, -0.25) is 4.79 Å². The molecule has 1 aromatic rings. The highest BCUT2D eigenvalue weighted by Crippen LogP contribution is 2.29. The third-order valence-electron chi connectivity index (χ3n) is 3.44. The average Bonchev–Trinajstić information content (AvgIpc) is 2.68. The molecule has 1 atom stereocenters. The van der Waals surface area contributed by atoms with Crippen LogP contribution in [0.1, 0.15) is 41.6 Å². The van der Waals surface area contributed by atoms with Gasteiger partial charge in [0.25, 0.3) is 0 Å². The lowest BCUT2D eigenvalue weighted by molar-refractivity contribution is 0.112. The first-order valence-corrected chi connectivity index (χ1v) is 8.61. The molecule has 0 amide bonds. The van der Waals surface area contributed by atoms with Gasteiger partial charge < -0.3 is 4.90 Å². The zero-order valence-corrected chi connectivity index (χ0v) is 12.6. The summed E-state index contributed by atoms with van der Waals surface area (Å²) in [6.07, 6.45) is 7.73. The van der Waals surface area contributed by atoms with E-state index in [9.17, 15) is 4.79 Å². The second kappa shape index (κ2) is 6.57. The Balaban J connectivity index is 2.11. The molecule has 0 spiro atoms. The fraction of sp³-hybridized carbons (Fsp3) is 0.692. The van der Waals surface area contributed by atoms with Gasteiger partial charge in [-0.1, -0.05) is 18.3 Å². The summed E-state index contributed by atoms with van der Waals surface area (Å²) in [5.74, 6) is 0. The van der Waals surface area contributed by atoms with Gasteiger partial charge in [0.15, 0.2) is 11.4 Å². The minimum absolute atomic E-state index is 0.783. The number of aromatic nitrogens is 1. The van der Waals surface area contributed by atoms with Crippen molar-refractivity contribution in [3.8, 4) is 0 Å².